The van der Waals surface area contributed by atoms with Crippen LogP contribution in [0.25, 0.3) is 0 Å². The maximum Gasteiger partial charge on any atom is 0.0949 e. The Hall–Kier alpha value is -0.570. The van der Waals surface area contributed by atoms with Crippen molar-refractivity contribution in [2.45, 2.75) is 39.3 Å². The standard InChI is InChI=1S/C14H22ClNO/c1-5-17-13(10-16-14(2,3)4)11-7-6-8-12(15)9-11/h6-9,13,16H,5,10H2,1-4H3. The average molecular weight is 256 g/mol. The molecule has 0 spiro atoms. The SMILES string of the molecule is CCOC(CNC(C)(C)C)c1cccc(Cl)c1. The summed E-state index contributed by atoms with van der Waals surface area (Å²) < 4.78 is 5.76. The zero-order valence-corrected chi connectivity index (χ0v) is 11.8. The molecule has 0 saturated carbocycles. The summed E-state index contributed by atoms with van der Waals surface area (Å²) in [7, 11) is 0. The molecule has 1 rings (SSSR count). The maximum atomic E-state index is 6.00. The van der Waals surface area contributed by atoms with E-state index in [0.717, 1.165) is 17.1 Å². The van der Waals surface area contributed by atoms with Crippen LogP contribution in [0.1, 0.15) is 39.4 Å². The van der Waals surface area contributed by atoms with Crippen molar-refractivity contribution in [1.82, 2.24) is 5.32 Å². The van der Waals surface area contributed by atoms with Gasteiger partial charge in [-0.3, -0.25) is 0 Å². The van der Waals surface area contributed by atoms with Crippen LogP contribution >= 0.6 is 11.6 Å². The van der Waals surface area contributed by atoms with Gasteiger partial charge in [0.05, 0.1) is 6.10 Å². The number of hydrogen-bond acceptors (Lipinski definition) is 2. The van der Waals surface area contributed by atoms with Crippen molar-refractivity contribution in [3.8, 4) is 0 Å². The first kappa shape index (κ1) is 14.5. The lowest BCUT2D eigenvalue weighted by molar-refractivity contribution is 0.0577. The van der Waals surface area contributed by atoms with Crippen LogP contribution in [0.3, 0.4) is 0 Å². The van der Waals surface area contributed by atoms with Crippen LogP contribution in [0.2, 0.25) is 5.02 Å². The summed E-state index contributed by atoms with van der Waals surface area (Å²) in [6.45, 7) is 9.94. The highest BCUT2D eigenvalue weighted by molar-refractivity contribution is 6.30. The lowest BCUT2D eigenvalue weighted by atomic mass is 10.1. The van der Waals surface area contributed by atoms with E-state index in [2.05, 4.69) is 32.2 Å². The van der Waals surface area contributed by atoms with Crippen molar-refractivity contribution in [3.05, 3.63) is 34.9 Å². The van der Waals surface area contributed by atoms with Gasteiger partial charge >= 0.3 is 0 Å². The summed E-state index contributed by atoms with van der Waals surface area (Å²) in [5.41, 5.74) is 1.21. The Morgan fingerprint density at radius 1 is 1.35 bits per heavy atom. The molecule has 0 aliphatic carbocycles. The van der Waals surface area contributed by atoms with E-state index in [-0.39, 0.29) is 11.6 Å². The molecule has 1 N–H and O–H groups in total. The topological polar surface area (TPSA) is 21.3 Å². The van der Waals surface area contributed by atoms with Crippen LogP contribution in [0.4, 0.5) is 0 Å². The smallest absolute Gasteiger partial charge is 0.0949 e. The van der Waals surface area contributed by atoms with E-state index in [1.165, 1.54) is 0 Å². The lowest BCUT2D eigenvalue weighted by Gasteiger charge is -2.25. The van der Waals surface area contributed by atoms with E-state index in [1.807, 2.05) is 25.1 Å². The summed E-state index contributed by atoms with van der Waals surface area (Å²) in [5.74, 6) is 0. The summed E-state index contributed by atoms with van der Waals surface area (Å²) in [4.78, 5) is 0. The number of rotatable bonds is 5. The second-order valence-corrected chi connectivity index (χ2v) is 5.57. The molecule has 0 heterocycles. The Kier molecular flexibility index (Phi) is 5.44. The van der Waals surface area contributed by atoms with E-state index in [4.69, 9.17) is 16.3 Å². The fourth-order valence-corrected chi connectivity index (χ4v) is 1.78. The second kappa shape index (κ2) is 6.39. The molecule has 96 valence electrons. The molecule has 3 heteroatoms. The monoisotopic (exact) mass is 255 g/mol. The van der Waals surface area contributed by atoms with Crippen LogP contribution in [-0.4, -0.2) is 18.7 Å². The van der Waals surface area contributed by atoms with Crippen LogP contribution in [0.5, 0.6) is 0 Å². The van der Waals surface area contributed by atoms with E-state index in [0.29, 0.717) is 6.61 Å². The molecule has 0 aliphatic rings. The second-order valence-electron chi connectivity index (χ2n) is 5.13. The lowest BCUT2D eigenvalue weighted by Crippen LogP contribution is -2.39. The fourth-order valence-electron chi connectivity index (χ4n) is 1.58. The van der Waals surface area contributed by atoms with E-state index in [9.17, 15) is 0 Å². The van der Waals surface area contributed by atoms with Crippen LogP contribution in [0.15, 0.2) is 24.3 Å². The molecule has 0 radical (unpaired) electrons. The van der Waals surface area contributed by atoms with Crippen LogP contribution in [0, 0.1) is 0 Å². The van der Waals surface area contributed by atoms with E-state index in [1.54, 1.807) is 0 Å². The number of hydrogen-bond donors (Lipinski definition) is 1. The van der Waals surface area contributed by atoms with Gasteiger partial charge in [0, 0.05) is 23.7 Å². The first-order valence-corrected chi connectivity index (χ1v) is 6.42. The van der Waals surface area contributed by atoms with Gasteiger partial charge in [-0.2, -0.15) is 0 Å². The van der Waals surface area contributed by atoms with Crippen molar-refractivity contribution in [2.75, 3.05) is 13.2 Å². The molecule has 0 fully saturated rings. The van der Waals surface area contributed by atoms with Crippen LogP contribution < -0.4 is 5.32 Å². The third-order valence-electron chi connectivity index (χ3n) is 2.41. The van der Waals surface area contributed by atoms with Gasteiger partial charge in [-0.15, -0.1) is 0 Å². The quantitative estimate of drug-likeness (QED) is 0.864. The van der Waals surface area contributed by atoms with Gasteiger partial charge in [-0.25, -0.2) is 0 Å². The number of halogens is 1. The van der Waals surface area contributed by atoms with Crippen molar-refractivity contribution in [1.29, 1.82) is 0 Å². The molecule has 1 aromatic carbocycles. The minimum Gasteiger partial charge on any atom is -0.372 e. The largest absolute Gasteiger partial charge is 0.372 e. The predicted octanol–water partition coefficient (Wildman–Crippen LogP) is 3.81. The Labute approximate surface area is 109 Å². The zero-order valence-electron chi connectivity index (χ0n) is 11.1. The average Bonchev–Trinajstić information content (AvgIpc) is 2.23. The Bertz CT molecular complexity index is 346. The van der Waals surface area contributed by atoms with Gasteiger partial charge in [0.25, 0.3) is 0 Å². The molecule has 1 atom stereocenters. The van der Waals surface area contributed by atoms with Gasteiger partial charge in [-0.05, 0) is 45.4 Å². The first-order valence-electron chi connectivity index (χ1n) is 6.04. The molecular formula is C14H22ClNO. The molecule has 0 aliphatic heterocycles. The Morgan fingerprint density at radius 3 is 2.59 bits per heavy atom. The number of benzene rings is 1. The molecule has 17 heavy (non-hydrogen) atoms. The third-order valence-corrected chi connectivity index (χ3v) is 2.64. The minimum absolute atomic E-state index is 0.0536. The predicted molar refractivity (Wildman–Crippen MR) is 73.6 cm³/mol. The highest BCUT2D eigenvalue weighted by atomic mass is 35.5. The molecule has 0 saturated heterocycles. The summed E-state index contributed by atoms with van der Waals surface area (Å²) >= 11 is 6.00. The maximum absolute atomic E-state index is 6.00. The molecule has 1 unspecified atom stereocenters. The summed E-state index contributed by atoms with van der Waals surface area (Å²) in [5, 5.41) is 4.21. The van der Waals surface area contributed by atoms with Crippen molar-refractivity contribution in [2.24, 2.45) is 0 Å². The number of nitrogens with one attached hydrogen (secondary N) is 1. The highest BCUT2D eigenvalue weighted by Gasteiger charge is 2.16. The van der Waals surface area contributed by atoms with Crippen molar-refractivity contribution in [3.63, 3.8) is 0 Å². The Morgan fingerprint density at radius 2 is 2.06 bits per heavy atom. The molecule has 0 bridgehead atoms. The minimum atomic E-state index is 0.0536. The summed E-state index contributed by atoms with van der Waals surface area (Å²) in [6, 6.07) is 7.86. The normalized spacial score (nSPS) is 13.7. The van der Waals surface area contributed by atoms with Crippen molar-refractivity contribution < 1.29 is 4.74 Å². The molecule has 0 aromatic heterocycles. The van der Waals surface area contributed by atoms with E-state index >= 15 is 0 Å². The van der Waals surface area contributed by atoms with Crippen molar-refractivity contribution >= 4 is 11.6 Å². The highest BCUT2D eigenvalue weighted by Crippen LogP contribution is 2.21. The van der Waals surface area contributed by atoms with Gasteiger partial charge in [0.15, 0.2) is 0 Å². The molecule has 0 amide bonds. The van der Waals surface area contributed by atoms with Gasteiger partial charge in [-0.1, -0.05) is 23.7 Å². The van der Waals surface area contributed by atoms with Gasteiger partial charge in [0.1, 0.15) is 0 Å². The Balaban J connectivity index is 2.71. The van der Waals surface area contributed by atoms with Crippen LogP contribution in [-0.2, 0) is 4.74 Å². The number of ether oxygens (including phenoxy) is 1. The fraction of sp³-hybridized carbons (Fsp3) is 0.571. The summed E-state index contributed by atoms with van der Waals surface area (Å²) in [6.07, 6.45) is 0.0536. The first-order chi connectivity index (χ1) is 7.92. The van der Waals surface area contributed by atoms with Gasteiger partial charge in [0.2, 0.25) is 0 Å². The van der Waals surface area contributed by atoms with Gasteiger partial charge < -0.3 is 10.1 Å². The molecule has 2 nitrogen and oxygen atoms in total. The van der Waals surface area contributed by atoms with E-state index < -0.39 is 0 Å². The molecule has 1 aromatic rings. The molecular weight excluding hydrogens is 234 g/mol. The zero-order chi connectivity index (χ0) is 12.9. The third kappa shape index (κ3) is 5.53.